The highest BCUT2D eigenvalue weighted by molar-refractivity contribution is 7.92. The van der Waals surface area contributed by atoms with Crippen LogP contribution in [0.15, 0.2) is 0 Å². The van der Waals surface area contributed by atoms with Crippen molar-refractivity contribution < 1.29 is 23.1 Å². The number of hydrogen-bond acceptors (Lipinski definition) is 4. The van der Waals surface area contributed by atoms with Gasteiger partial charge in [0.15, 0.2) is 9.84 Å². The molecule has 0 heterocycles. The molecule has 2 unspecified atom stereocenters. The zero-order chi connectivity index (χ0) is 14.8. The molecule has 1 aliphatic carbocycles. The molecule has 1 rings (SSSR count). The highest BCUT2D eigenvalue weighted by Crippen LogP contribution is 2.31. The lowest BCUT2D eigenvalue weighted by Crippen LogP contribution is -2.45. The topological polar surface area (TPSA) is 101 Å². The SMILES string of the molecule is CC(C)(CNC(=O)C1CCC(C(=O)O)C1)S(C)(=O)=O. The Bertz CT molecular complexity index is 469. The Balaban J connectivity index is 2.52. The third-order valence-corrected chi connectivity index (χ3v) is 6.00. The van der Waals surface area contributed by atoms with Crippen molar-refractivity contribution >= 4 is 21.7 Å². The van der Waals surface area contributed by atoms with Gasteiger partial charge in [-0.2, -0.15) is 0 Å². The maximum Gasteiger partial charge on any atom is 0.306 e. The monoisotopic (exact) mass is 291 g/mol. The van der Waals surface area contributed by atoms with Gasteiger partial charge < -0.3 is 10.4 Å². The summed E-state index contributed by atoms with van der Waals surface area (Å²) in [6.07, 6.45) is 2.51. The molecule has 0 bridgehead atoms. The molecular formula is C12H21NO5S. The van der Waals surface area contributed by atoms with Crippen LogP contribution in [0.4, 0.5) is 0 Å². The van der Waals surface area contributed by atoms with Gasteiger partial charge in [0.1, 0.15) is 0 Å². The van der Waals surface area contributed by atoms with Gasteiger partial charge in [0.2, 0.25) is 5.91 Å². The van der Waals surface area contributed by atoms with Crippen molar-refractivity contribution in [3.63, 3.8) is 0 Å². The molecule has 2 atom stereocenters. The minimum Gasteiger partial charge on any atom is -0.481 e. The Morgan fingerprint density at radius 1 is 1.26 bits per heavy atom. The number of carboxylic acid groups (broad SMARTS) is 1. The van der Waals surface area contributed by atoms with Crippen molar-refractivity contribution in [2.75, 3.05) is 12.8 Å². The molecule has 19 heavy (non-hydrogen) atoms. The number of rotatable bonds is 5. The van der Waals surface area contributed by atoms with Crippen LogP contribution in [0.3, 0.4) is 0 Å². The predicted octanol–water partition coefficient (Wildman–Crippen LogP) is 0.427. The third kappa shape index (κ3) is 3.92. The largest absolute Gasteiger partial charge is 0.481 e. The molecule has 110 valence electrons. The van der Waals surface area contributed by atoms with E-state index in [9.17, 15) is 18.0 Å². The van der Waals surface area contributed by atoms with Crippen LogP contribution in [0.1, 0.15) is 33.1 Å². The van der Waals surface area contributed by atoms with Gasteiger partial charge in [-0.05, 0) is 33.1 Å². The predicted molar refractivity (Wildman–Crippen MR) is 70.4 cm³/mol. The fraction of sp³-hybridized carbons (Fsp3) is 0.833. The lowest BCUT2D eigenvalue weighted by atomic mass is 10.0. The normalized spacial score (nSPS) is 24.2. The number of carbonyl (C=O) groups excluding carboxylic acids is 1. The van der Waals surface area contributed by atoms with E-state index in [-0.39, 0.29) is 18.4 Å². The summed E-state index contributed by atoms with van der Waals surface area (Å²) in [4.78, 5) is 22.7. The average molecular weight is 291 g/mol. The van der Waals surface area contributed by atoms with Gasteiger partial charge in [-0.1, -0.05) is 0 Å². The van der Waals surface area contributed by atoms with Gasteiger partial charge >= 0.3 is 5.97 Å². The summed E-state index contributed by atoms with van der Waals surface area (Å²) in [5.41, 5.74) is 0. The Morgan fingerprint density at radius 2 is 1.79 bits per heavy atom. The maximum atomic E-state index is 11.9. The Hall–Kier alpha value is -1.11. The molecule has 0 aromatic carbocycles. The van der Waals surface area contributed by atoms with Crippen molar-refractivity contribution in [3.8, 4) is 0 Å². The maximum absolute atomic E-state index is 11.9. The molecule has 0 aromatic rings. The molecule has 1 amide bonds. The van der Waals surface area contributed by atoms with Crippen molar-refractivity contribution in [1.29, 1.82) is 0 Å². The first-order chi connectivity index (χ1) is 8.54. The summed E-state index contributed by atoms with van der Waals surface area (Å²) >= 11 is 0. The van der Waals surface area contributed by atoms with Crippen molar-refractivity contribution in [2.24, 2.45) is 11.8 Å². The van der Waals surface area contributed by atoms with E-state index in [0.29, 0.717) is 19.3 Å². The molecule has 0 radical (unpaired) electrons. The Labute approximate surface area is 113 Å². The van der Waals surface area contributed by atoms with Gasteiger partial charge in [0.05, 0.1) is 10.7 Å². The van der Waals surface area contributed by atoms with E-state index in [1.807, 2.05) is 0 Å². The molecule has 0 aromatic heterocycles. The number of aliphatic carboxylic acids is 1. The highest BCUT2D eigenvalue weighted by Gasteiger charge is 2.36. The molecule has 0 saturated heterocycles. The second-order valence-corrected chi connectivity index (χ2v) is 8.44. The lowest BCUT2D eigenvalue weighted by molar-refractivity contribution is -0.141. The lowest BCUT2D eigenvalue weighted by Gasteiger charge is -2.23. The van der Waals surface area contributed by atoms with Gasteiger partial charge in [0.25, 0.3) is 0 Å². The first-order valence-corrected chi connectivity index (χ1v) is 8.14. The number of sulfone groups is 1. The molecule has 1 saturated carbocycles. The third-order valence-electron chi connectivity index (χ3n) is 3.84. The van der Waals surface area contributed by atoms with E-state index >= 15 is 0 Å². The Morgan fingerprint density at radius 3 is 2.21 bits per heavy atom. The molecule has 1 fully saturated rings. The van der Waals surface area contributed by atoms with Gasteiger partial charge in [0, 0.05) is 18.7 Å². The molecule has 6 nitrogen and oxygen atoms in total. The number of hydrogen-bond donors (Lipinski definition) is 2. The minimum absolute atomic E-state index is 0.0406. The first-order valence-electron chi connectivity index (χ1n) is 6.25. The molecule has 7 heteroatoms. The van der Waals surface area contributed by atoms with Crippen LogP contribution in [0.5, 0.6) is 0 Å². The second kappa shape index (κ2) is 5.48. The second-order valence-electron chi connectivity index (χ2n) is 5.79. The van der Waals surface area contributed by atoms with Crippen LogP contribution in [-0.2, 0) is 19.4 Å². The van der Waals surface area contributed by atoms with E-state index in [1.165, 1.54) is 0 Å². The fourth-order valence-corrected chi connectivity index (χ4v) is 2.35. The van der Waals surface area contributed by atoms with Crippen LogP contribution in [0.2, 0.25) is 0 Å². The summed E-state index contributed by atoms with van der Waals surface area (Å²) < 4.78 is 22.0. The number of nitrogens with one attached hydrogen (secondary N) is 1. The summed E-state index contributed by atoms with van der Waals surface area (Å²) in [5.74, 6) is -1.90. The molecule has 0 aliphatic heterocycles. The number of carboxylic acids is 1. The van der Waals surface area contributed by atoms with E-state index < -0.39 is 26.5 Å². The number of amides is 1. The van der Waals surface area contributed by atoms with E-state index in [0.717, 1.165) is 6.26 Å². The minimum atomic E-state index is -3.25. The molecule has 1 aliphatic rings. The number of carbonyl (C=O) groups is 2. The van der Waals surface area contributed by atoms with Crippen molar-refractivity contribution in [1.82, 2.24) is 5.32 Å². The van der Waals surface area contributed by atoms with E-state index in [1.54, 1.807) is 13.8 Å². The van der Waals surface area contributed by atoms with Crippen LogP contribution < -0.4 is 5.32 Å². The summed E-state index contributed by atoms with van der Waals surface area (Å²) in [6, 6.07) is 0. The zero-order valence-electron chi connectivity index (χ0n) is 11.5. The standard InChI is InChI=1S/C12H21NO5S/c1-12(2,19(3,17)18)7-13-10(14)8-4-5-9(6-8)11(15)16/h8-9H,4-7H2,1-3H3,(H,13,14)(H,15,16). The van der Waals surface area contributed by atoms with Crippen LogP contribution in [-0.4, -0.2) is 42.9 Å². The van der Waals surface area contributed by atoms with Gasteiger partial charge in [-0.15, -0.1) is 0 Å². The summed E-state index contributed by atoms with van der Waals surface area (Å²) in [5, 5.41) is 11.5. The van der Waals surface area contributed by atoms with Crippen LogP contribution in [0.25, 0.3) is 0 Å². The summed E-state index contributed by atoms with van der Waals surface area (Å²) in [7, 11) is -3.25. The fourth-order valence-electron chi connectivity index (χ4n) is 2.02. The molecule has 0 spiro atoms. The summed E-state index contributed by atoms with van der Waals surface area (Å²) in [6.45, 7) is 3.15. The zero-order valence-corrected chi connectivity index (χ0v) is 12.3. The first kappa shape index (κ1) is 15.9. The van der Waals surface area contributed by atoms with Crippen molar-refractivity contribution in [2.45, 2.75) is 37.9 Å². The van der Waals surface area contributed by atoms with Crippen LogP contribution >= 0.6 is 0 Å². The molecular weight excluding hydrogens is 270 g/mol. The average Bonchev–Trinajstić information content (AvgIpc) is 2.73. The van der Waals surface area contributed by atoms with E-state index in [4.69, 9.17) is 5.11 Å². The van der Waals surface area contributed by atoms with E-state index in [2.05, 4.69) is 5.32 Å². The van der Waals surface area contributed by atoms with Crippen LogP contribution in [0, 0.1) is 11.8 Å². The quantitative estimate of drug-likeness (QED) is 0.765. The van der Waals surface area contributed by atoms with Gasteiger partial charge in [-0.25, -0.2) is 8.42 Å². The van der Waals surface area contributed by atoms with Crippen molar-refractivity contribution in [3.05, 3.63) is 0 Å². The Kier molecular flexibility index (Phi) is 4.60. The molecule has 2 N–H and O–H groups in total. The smallest absolute Gasteiger partial charge is 0.306 e. The van der Waals surface area contributed by atoms with Gasteiger partial charge in [-0.3, -0.25) is 9.59 Å². The highest BCUT2D eigenvalue weighted by atomic mass is 32.2.